The van der Waals surface area contributed by atoms with E-state index in [0.717, 1.165) is 0 Å². The molecule has 0 amide bonds. The second-order valence-electron chi connectivity index (χ2n) is 1.55. The van der Waals surface area contributed by atoms with Gasteiger partial charge in [-0.3, -0.25) is 0 Å². The summed E-state index contributed by atoms with van der Waals surface area (Å²) in [6, 6.07) is 0. The Morgan fingerprint density at radius 3 is 1.17 bits per heavy atom. The van der Waals surface area contributed by atoms with Crippen LogP contribution in [0.1, 0.15) is 26.7 Å². The first-order valence-corrected chi connectivity index (χ1v) is 4.86. The number of unbranched alkanes of at least 4 members (excludes halogenated alkanes) is 1. The van der Waals surface area contributed by atoms with Crippen molar-refractivity contribution in [2.75, 3.05) is 0 Å². The molecule has 0 N–H and O–H groups in total. The summed E-state index contributed by atoms with van der Waals surface area (Å²) in [5.74, 6) is 0. The third-order valence-electron chi connectivity index (χ3n) is 0.558. The first-order valence-electron chi connectivity index (χ1n) is 3.23. The van der Waals surface area contributed by atoms with Crippen LogP contribution in [0.2, 0.25) is 10.6 Å². The van der Waals surface area contributed by atoms with Gasteiger partial charge >= 0.3 is 0 Å². The Bertz CT molecular complexity index is 35.5. The summed E-state index contributed by atoms with van der Waals surface area (Å²) in [7, 11) is 0. The van der Waals surface area contributed by atoms with Crippen LogP contribution in [-0.2, 0) is 0 Å². The van der Waals surface area contributed by atoms with E-state index in [1.807, 2.05) is 0 Å². The Labute approximate surface area is 127 Å². The zero-order valence-electron chi connectivity index (χ0n) is 7.62. The summed E-state index contributed by atoms with van der Waals surface area (Å²) >= 11 is 5.28. The lowest BCUT2D eigenvalue weighted by molar-refractivity contribution is 0.884. The second kappa shape index (κ2) is 49.5. The molecule has 0 heterocycles. The molecule has 0 atom stereocenters. The molecule has 0 nitrogen and oxygen atoms in total. The summed E-state index contributed by atoms with van der Waals surface area (Å²) in [6.45, 7) is 4.29. The summed E-state index contributed by atoms with van der Waals surface area (Å²) < 4.78 is 0. The first-order chi connectivity index (χ1) is 3.83. The van der Waals surface area contributed by atoms with E-state index in [2.05, 4.69) is 46.4 Å². The highest BCUT2D eigenvalue weighted by molar-refractivity contribution is 8.93. The molecule has 0 unspecified atom stereocenters. The normalized spacial score (nSPS) is 4.83. The van der Waals surface area contributed by atoms with Crippen molar-refractivity contribution in [2.24, 2.45) is 0 Å². The molecule has 0 saturated carbocycles. The molecule has 0 bridgehead atoms. The molecular formula is C6H18Al2Br2Cl2. The molecule has 0 rings (SSSR count). The number of rotatable bonds is 2. The SMILES string of the molecule is Br.Br.CCC[CH2][Al].C[CH2][Al].Cl.Cl. The molecule has 0 aromatic carbocycles. The molecule has 76 valence electrons. The summed E-state index contributed by atoms with van der Waals surface area (Å²) in [6.07, 6.45) is 2.67. The van der Waals surface area contributed by atoms with Gasteiger partial charge in [0, 0.05) is 0 Å². The van der Waals surface area contributed by atoms with Crippen LogP contribution in [0, 0.1) is 0 Å². The first kappa shape index (κ1) is 36.5. The Kier molecular flexibility index (Phi) is 151. The van der Waals surface area contributed by atoms with Crippen molar-refractivity contribution < 1.29 is 0 Å². The number of hydrogen-bond donors (Lipinski definition) is 0. The van der Waals surface area contributed by atoms with Gasteiger partial charge in [-0.15, -0.1) is 69.3 Å². The van der Waals surface area contributed by atoms with E-state index in [1.54, 1.807) is 0 Å². The van der Waals surface area contributed by atoms with Crippen molar-refractivity contribution in [1.82, 2.24) is 0 Å². The van der Waals surface area contributed by atoms with E-state index in [9.17, 15) is 0 Å². The highest BCUT2D eigenvalue weighted by Gasteiger charge is 1.67. The quantitative estimate of drug-likeness (QED) is 0.642. The molecule has 0 aromatic heterocycles. The zero-order valence-corrected chi connectivity index (χ0v) is 15.0. The average molecular weight is 375 g/mol. The molecule has 0 spiro atoms. The van der Waals surface area contributed by atoms with Gasteiger partial charge in [-0.1, -0.05) is 26.7 Å². The van der Waals surface area contributed by atoms with Crippen LogP contribution in [0.5, 0.6) is 0 Å². The summed E-state index contributed by atoms with van der Waals surface area (Å²) in [5, 5.41) is 2.43. The second-order valence-corrected chi connectivity index (χ2v) is 2.94. The molecule has 0 aliphatic heterocycles. The smallest absolute Gasteiger partial charge is 0.118 e. The fourth-order valence-corrected chi connectivity index (χ4v) is 0.612. The van der Waals surface area contributed by atoms with Crippen LogP contribution in [0.15, 0.2) is 0 Å². The highest BCUT2D eigenvalue weighted by atomic mass is 79.9. The van der Waals surface area contributed by atoms with Crippen LogP contribution in [0.25, 0.3) is 0 Å². The van der Waals surface area contributed by atoms with E-state index in [4.69, 9.17) is 0 Å². The maximum absolute atomic E-state index is 2.70. The maximum Gasteiger partial charge on any atom is 0.118 e. The van der Waals surface area contributed by atoms with Gasteiger partial charge in [0.2, 0.25) is 0 Å². The van der Waals surface area contributed by atoms with E-state index in [1.165, 1.54) is 23.4 Å². The molecule has 12 heavy (non-hydrogen) atoms. The summed E-state index contributed by atoms with van der Waals surface area (Å²) in [5.41, 5.74) is 0. The lowest BCUT2D eigenvalue weighted by atomic mass is 10.4. The topological polar surface area (TPSA) is 0 Å². The summed E-state index contributed by atoms with van der Waals surface area (Å²) in [4.78, 5) is 0. The minimum absolute atomic E-state index is 0. The average Bonchev–Trinajstić information content (AvgIpc) is 1.71. The van der Waals surface area contributed by atoms with Gasteiger partial charge in [0.15, 0.2) is 0 Å². The molecule has 6 heteroatoms. The molecule has 0 saturated heterocycles. The predicted molar refractivity (Wildman–Crippen MR) is 76.8 cm³/mol. The van der Waals surface area contributed by atoms with Crippen molar-refractivity contribution in [2.45, 2.75) is 37.3 Å². The van der Waals surface area contributed by atoms with E-state index >= 15 is 0 Å². The fourth-order valence-electron chi connectivity index (χ4n) is 0.204. The van der Waals surface area contributed by atoms with Crippen LogP contribution < -0.4 is 0 Å². The zero-order chi connectivity index (χ0) is 6.83. The lowest BCUT2D eigenvalue weighted by Gasteiger charge is -1.79. The third-order valence-corrected chi connectivity index (χ3v) is 0.966. The monoisotopic (exact) mass is 372 g/mol. The maximum atomic E-state index is 2.70. The largest absolute Gasteiger partial charge is 0.147 e. The van der Waals surface area contributed by atoms with Gasteiger partial charge in [-0.2, -0.15) is 0 Å². The molecule has 0 aliphatic rings. The Hall–Kier alpha value is 2.60. The van der Waals surface area contributed by atoms with E-state index in [-0.39, 0.29) is 58.8 Å². The lowest BCUT2D eigenvalue weighted by Crippen LogP contribution is -1.63. The minimum atomic E-state index is 0. The standard InChI is InChI=1S/C4H9.C2H5.2Al.2BrH.2ClH/c1-3-4-2;1-2;;;;;;/h1,3-4H2,2H3;1H2,2H3;;;4*1H. The Balaban J connectivity index is -0.0000000119. The van der Waals surface area contributed by atoms with Crippen molar-refractivity contribution >= 4 is 91.4 Å². The van der Waals surface area contributed by atoms with Crippen LogP contribution >= 0.6 is 58.8 Å². The highest BCUT2D eigenvalue weighted by Crippen LogP contribution is 1.86. The molecular weight excluding hydrogens is 357 g/mol. The van der Waals surface area contributed by atoms with Gasteiger partial charge < -0.3 is 0 Å². The molecule has 0 fully saturated rings. The number of halogens is 4. The van der Waals surface area contributed by atoms with E-state index < -0.39 is 0 Å². The van der Waals surface area contributed by atoms with Gasteiger partial charge in [-0.05, 0) is 0 Å². The van der Waals surface area contributed by atoms with Gasteiger partial charge in [-0.25, -0.2) is 0 Å². The van der Waals surface area contributed by atoms with Crippen molar-refractivity contribution in [3.8, 4) is 0 Å². The van der Waals surface area contributed by atoms with Crippen LogP contribution in [-0.4, -0.2) is 32.6 Å². The van der Waals surface area contributed by atoms with E-state index in [0.29, 0.717) is 0 Å². The van der Waals surface area contributed by atoms with Crippen molar-refractivity contribution in [3.63, 3.8) is 0 Å². The van der Waals surface area contributed by atoms with Crippen molar-refractivity contribution in [1.29, 1.82) is 0 Å². The predicted octanol–water partition coefficient (Wildman–Crippen LogP) is 3.97. The third kappa shape index (κ3) is 80.1. The van der Waals surface area contributed by atoms with Gasteiger partial charge in [0.1, 0.15) is 32.6 Å². The molecule has 0 aliphatic carbocycles. The Morgan fingerprint density at radius 2 is 1.17 bits per heavy atom. The molecule has 4 radical (unpaired) electrons. The van der Waals surface area contributed by atoms with Crippen LogP contribution in [0.3, 0.4) is 0 Å². The van der Waals surface area contributed by atoms with Gasteiger partial charge in [0.25, 0.3) is 0 Å². The fraction of sp³-hybridized carbons (Fsp3) is 1.00. The van der Waals surface area contributed by atoms with Crippen molar-refractivity contribution in [3.05, 3.63) is 0 Å². The van der Waals surface area contributed by atoms with Gasteiger partial charge in [0.05, 0.1) is 0 Å². The minimum Gasteiger partial charge on any atom is -0.147 e. The van der Waals surface area contributed by atoms with Crippen LogP contribution in [0.4, 0.5) is 0 Å². The number of hydrogen-bond acceptors (Lipinski definition) is 0. The Morgan fingerprint density at radius 1 is 0.917 bits per heavy atom. The molecule has 0 aromatic rings.